The number of aromatic carboxylic acids is 1. The zero-order valence-corrected chi connectivity index (χ0v) is 7.51. The minimum atomic E-state index is -1.01. The van der Waals surface area contributed by atoms with E-state index in [0.29, 0.717) is 12.1 Å². The molecule has 0 aliphatic rings. The van der Waals surface area contributed by atoms with Gasteiger partial charge in [0.25, 0.3) is 0 Å². The first-order chi connectivity index (χ1) is 6.72. The van der Waals surface area contributed by atoms with E-state index >= 15 is 0 Å². The van der Waals surface area contributed by atoms with Gasteiger partial charge in [0.1, 0.15) is 0 Å². The van der Waals surface area contributed by atoms with Crippen molar-refractivity contribution >= 4 is 11.6 Å². The monoisotopic (exact) mass is 192 g/mol. The summed E-state index contributed by atoms with van der Waals surface area (Å²) < 4.78 is 1.53. The first-order valence-corrected chi connectivity index (χ1v) is 4.16. The van der Waals surface area contributed by atoms with Crippen molar-refractivity contribution in [3.05, 3.63) is 23.7 Å². The lowest BCUT2D eigenvalue weighted by Crippen LogP contribution is -2.02. The van der Waals surface area contributed by atoms with Gasteiger partial charge >= 0.3 is 5.97 Å². The molecule has 0 saturated heterocycles. The van der Waals surface area contributed by atoms with Gasteiger partial charge in [0.2, 0.25) is 0 Å². The van der Waals surface area contributed by atoms with Crippen molar-refractivity contribution in [1.29, 1.82) is 0 Å². The summed E-state index contributed by atoms with van der Waals surface area (Å²) in [6.45, 7) is 1.93. The summed E-state index contributed by atoms with van der Waals surface area (Å²) in [7, 11) is 0. The van der Waals surface area contributed by atoms with Crippen molar-refractivity contribution in [2.45, 2.75) is 13.3 Å². The second kappa shape index (κ2) is 3.06. The van der Waals surface area contributed by atoms with Crippen LogP contribution in [0, 0.1) is 0 Å². The fraction of sp³-hybridized carbons (Fsp3) is 0.250. The highest BCUT2D eigenvalue weighted by molar-refractivity contribution is 5.88. The highest BCUT2D eigenvalue weighted by atomic mass is 16.4. The van der Waals surface area contributed by atoms with Crippen molar-refractivity contribution in [2.75, 3.05) is 0 Å². The molecule has 6 nitrogen and oxygen atoms in total. The molecule has 2 heterocycles. The molecule has 0 aromatic carbocycles. The normalized spacial score (nSPS) is 10.6. The van der Waals surface area contributed by atoms with Gasteiger partial charge in [-0.15, -0.1) is 10.2 Å². The van der Waals surface area contributed by atoms with Gasteiger partial charge < -0.3 is 5.11 Å². The predicted molar refractivity (Wildman–Crippen MR) is 47.1 cm³/mol. The number of hydrogen-bond donors (Lipinski definition) is 1. The van der Waals surface area contributed by atoms with E-state index in [1.807, 2.05) is 6.92 Å². The molecule has 72 valence electrons. The summed E-state index contributed by atoms with van der Waals surface area (Å²) in [5.74, 6) is -0.294. The van der Waals surface area contributed by atoms with Crippen molar-refractivity contribution in [3.8, 4) is 0 Å². The SMILES string of the molecule is CCc1nnc2cc(C(=O)O)cnn12. The van der Waals surface area contributed by atoms with Crippen LogP contribution in [-0.4, -0.2) is 30.9 Å². The molecule has 0 aliphatic carbocycles. The van der Waals surface area contributed by atoms with Crippen LogP contribution in [0.1, 0.15) is 23.1 Å². The van der Waals surface area contributed by atoms with Crippen LogP contribution < -0.4 is 0 Å². The molecule has 2 rings (SSSR count). The third-order valence-electron chi connectivity index (χ3n) is 1.89. The van der Waals surface area contributed by atoms with Crippen molar-refractivity contribution in [3.63, 3.8) is 0 Å². The third-order valence-corrected chi connectivity index (χ3v) is 1.89. The summed E-state index contributed by atoms with van der Waals surface area (Å²) in [6, 6.07) is 1.45. The van der Waals surface area contributed by atoms with Crippen LogP contribution in [0.2, 0.25) is 0 Å². The molecular weight excluding hydrogens is 184 g/mol. The van der Waals surface area contributed by atoms with E-state index in [0.717, 1.165) is 5.82 Å². The fourth-order valence-corrected chi connectivity index (χ4v) is 1.18. The predicted octanol–water partition coefficient (Wildman–Crippen LogP) is 0.385. The number of aryl methyl sites for hydroxylation is 1. The van der Waals surface area contributed by atoms with Crippen molar-refractivity contribution in [1.82, 2.24) is 19.8 Å². The lowest BCUT2D eigenvalue weighted by molar-refractivity contribution is 0.0696. The maximum Gasteiger partial charge on any atom is 0.337 e. The molecule has 14 heavy (non-hydrogen) atoms. The van der Waals surface area contributed by atoms with Gasteiger partial charge in [0.15, 0.2) is 11.5 Å². The molecular formula is C8H8N4O2. The van der Waals surface area contributed by atoms with Crippen molar-refractivity contribution < 1.29 is 9.90 Å². The van der Waals surface area contributed by atoms with Gasteiger partial charge in [-0.1, -0.05) is 6.92 Å². The molecule has 0 unspecified atom stereocenters. The van der Waals surface area contributed by atoms with Gasteiger partial charge in [-0.3, -0.25) is 0 Å². The minimum absolute atomic E-state index is 0.118. The summed E-state index contributed by atoms with van der Waals surface area (Å²) in [6.07, 6.45) is 2.00. The lowest BCUT2D eigenvalue weighted by atomic mass is 10.3. The Morgan fingerprint density at radius 2 is 2.36 bits per heavy atom. The fourth-order valence-electron chi connectivity index (χ4n) is 1.18. The number of fused-ring (bicyclic) bond motifs is 1. The van der Waals surface area contributed by atoms with Crippen molar-refractivity contribution in [2.24, 2.45) is 0 Å². The average molecular weight is 192 g/mol. The Morgan fingerprint density at radius 1 is 1.57 bits per heavy atom. The Bertz CT molecular complexity index is 491. The second-order valence-corrected chi connectivity index (χ2v) is 2.79. The third kappa shape index (κ3) is 1.20. The lowest BCUT2D eigenvalue weighted by Gasteiger charge is -1.95. The molecule has 6 heteroatoms. The number of aromatic nitrogens is 4. The molecule has 0 atom stereocenters. The van der Waals surface area contributed by atoms with E-state index in [9.17, 15) is 4.79 Å². The highest BCUT2D eigenvalue weighted by Crippen LogP contribution is 2.04. The maximum absolute atomic E-state index is 10.6. The van der Waals surface area contributed by atoms with E-state index < -0.39 is 5.97 Å². The quantitative estimate of drug-likeness (QED) is 0.744. The molecule has 0 aliphatic heterocycles. The van der Waals surface area contributed by atoms with Crippen LogP contribution in [-0.2, 0) is 6.42 Å². The van der Waals surface area contributed by atoms with E-state index in [1.165, 1.54) is 16.8 Å². The number of hydrogen-bond acceptors (Lipinski definition) is 4. The molecule has 2 aromatic rings. The van der Waals surface area contributed by atoms with Crippen LogP contribution in [0.15, 0.2) is 12.3 Å². The van der Waals surface area contributed by atoms with Gasteiger partial charge in [0, 0.05) is 12.5 Å². The molecule has 0 radical (unpaired) electrons. The van der Waals surface area contributed by atoms with Crippen LogP contribution in [0.3, 0.4) is 0 Å². The molecule has 0 bridgehead atoms. The number of carboxylic acids is 1. The Balaban J connectivity index is 2.63. The van der Waals surface area contributed by atoms with Crippen LogP contribution in [0.4, 0.5) is 0 Å². The van der Waals surface area contributed by atoms with E-state index in [-0.39, 0.29) is 5.56 Å². The second-order valence-electron chi connectivity index (χ2n) is 2.79. The molecule has 0 saturated carbocycles. The summed E-state index contributed by atoms with van der Waals surface area (Å²) in [5, 5.41) is 20.3. The van der Waals surface area contributed by atoms with E-state index in [1.54, 1.807) is 0 Å². The molecule has 1 N–H and O–H groups in total. The Labute approximate surface area is 79.2 Å². The van der Waals surface area contributed by atoms with Crippen LogP contribution in [0.5, 0.6) is 0 Å². The summed E-state index contributed by atoms with van der Waals surface area (Å²) in [4.78, 5) is 10.6. The Hall–Kier alpha value is -1.98. The number of rotatable bonds is 2. The minimum Gasteiger partial charge on any atom is -0.478 e. The zero-order valence-electron chi connectivity index (χ0n) is 7.51. The van der Waals surface area contributed by atoms with Gasteiger partial charge in [0.05, 0.1) is 11.8 Å². The number of carbonyl (C=O) groups is 1. The average Bonchev–Trinajstić information content (AvgIpc) is 2.59. The first kappa shape index (κ1) is 8.61. The van der Waals surface area contributed by atoms with E-state index in [4.69, 9.17) is 5.11 Å². The summed E-state index contributed by atoms with van der Waals surface area (Å²) >= 11 is 0. The number of carboxylic acid groups (broad SMARTS) is 1. The summed E-state index contributed by atoms with van der Waals surface area (Å²) in [5.41, 5.74) is 0.578. The molecule has 2 aromatic heterocycles. The van der Waals surface area contributed by atoms with Gasteiger partial charge in [-0.05, 0) is 0 Å². The zero-order chi connectivity index (χ0) is 10.1. The molecule has 0 amide bonds. The highest BCUT2D eigenvalue weighted by Gasteiger charge is 2.08. The largest absolute Gasteiger partial charge is 0.478 e. The topological polar surface area (TPSA) is 80.4 Å². The smallest absolute Gasteiger partial charge is 0.337 e. The molecule has 0 spiro atoms. The standard InChI is InChI=1S/C8H8N4O2/c1-2-6-10-11-7-3-5(8(13)14)4-9-12(6)7/h3-4H,2H2,1H3,(H,13,14). The first-order valence-electron chi connectivity index (χ1n) is 4.16. The molecule has 0 fully saturated rings. The van der Waals surface area contributed by atoms with Gasteiger partial charge in [-0.2, -0.15) is 9.61 Å². The van der Waals surface area contributed by atoms with Crippen LogP contribution in [0.25, 0.3) is 5.65 Å². The number of nitrogens with zero attached hydrogens (tertiary/aromatic N) is 4. The van der Waals surface area contributed by atoms with Gasteiger partial charge in [-0.25, -0.2) is 4.79 Å². The van der Waals surface area contributed by atoms with E-state index in [2.05, 4.69) is 15.3 Å². The Kier molecular flexibility index (Phi) is 1.88. The van der Waals surface area contributed by atoms with Crippen LogP contribution >= 0.6 is 0 Å². The Morgan fingerprint density at radius 3 is 3.00 bits per heavy atom. The maximum atomic E-state index is 10.6.